The van der Waals surface area contributed by atoms with E-state index < -0.39 is 0 Å². The number of rotatable bonds is 2. The quantitative estimate of drug-likeness (QED) is 0.892. The second-order valence-electron chi connectivity index (χ2n) is 5.25. The van der Waals surface area contributed by atoms with Gasteiger partial charge in [-0.05, 0) is 43.9 Å². The molecule has 1 N–H and O–H groups in total. The second kappa shape index (κ2) is 5.51. The number of carbonyl (C=O) groups excluding carboxylic acids is 1. The fraction of sp³-hybridized carbons (Fsp3) is 0.533. The maximum Gasteiger partial charge on any atom is 0.254 e. The van der Waals surface area contributed by atoms with Crippen LogP contribution in [0.1, 0.15) is 37.0 Å². The van der Waals surface area contributed by atoms with Crippen molar-refractivity contribution in [2.75, 3.05) is 13.7 Å². The van der Waals surface area contributed by atoms with Crippen molar-refractivity contribution in [3.05, 3.63) is 23.8 Å². The largest absolute Gasteiger partial charge is 0.504 e. The summed E-state index contributed by atoms with van der Waals surface area (Å²) < 4.78 is 4.99. The normalized spacial score (nSPS) is 23.2. The number of aromatic hydroxyl groups is 1. The number of benzene rings is 1. The van der Waals surface area contributed by atoms with Crippen LogP contribution in [-0.2, 0) is 0 Å². The zero-order valence-electron chi connectivity index (χ0n) is 11.7. The Kier molecular flexibility index (Phi) is 3.98. The molecule has 0 spiro atoms. The van der Waals surface area contributed by atoms with Crippen molar-refractivity contribution in [2.45, 2.75) is 32.7 Å². The molecule has 0 bridgehead atoms. The summed E-state index contributed by atoms with van der Waals surface area (Å²) >= 11 is 0. The Morgan fingerprint density at radius 2 is 2.16 bits per heavy atom. The van der Waals surface area contributed by atoms with Gasteiger partial charge in [0.1, 0.15) is 0 Å². The van der Waals surface area contributed by atoms with Crippen molar-refractivity contribution in [3.8, 4) is 11.5 Å². The van der Waals surface area contributed by atoms with Gasteiger partial charge in [0.15, 0.2) is 11.5 Å². The predicted molar refractivity (Wildman–Crippen MR) is 73.6 cm³/mol. The lowest BCUT2D eigenvalue weighted by atomic mass is 9.91. The summed E-state index contributed by atoms with van der Waals surface area (Å²) in [5.41, 5.74) is 0.513. The van der Waals surface area contributed by atoms with E-state index in [1.165, 1.54) is 19.6 Å². The van der Waals surface area contributed by atoms with E-state index >= 15 is 0 Å². The molecule has 4 heteroatoms. The van der Waals surface area contributed by atoms with Crippen molar-refractivity contribution >= 4 is 5.91 Å². The number of likely N-dealkylation sites (tertiary alicyclic amines) is 1. The molecule has 1 aromatic carbocycles. The molecule has 0 aliphatic carbocycles. The molecule has 19 heavy (non-hydrogen) atoms. The van der Waals surface area contributed by atoms with E-state index in [2.05, 4.69) is 13.8 Å². The first kappa shape index (κ1) is 13.7. The van der Waals surface area contributed by atoms with E-state index in [0.29, 0.717) is 17.2 Å². The molecule has 1 fully saturated rings. The fourth-order valence-corrected chi connectivity index (χ4v) is 2.61. The minimum Gasteiger partial charge on any atom is -0.504 e. The number of carbonyl (C=O) groups is 1. The van der Waals surface area contributed by atoms with Gasteiger partial charge in [0.25, 0.3) is 5.91 Å². The molecule has 0 radical (unpaired) electrons. The molecule has 0 aromatic heterocycles. The van der Waals surface area contributed by atoms with E-state index in [1.54, 1.807) is 12.1 Å². The summed E-state index contributed by atoms with van der Waals surface area (Å²) in [5.74, 6) is 0.893. The molecular weight excluding hydrogens is 242 g/mol. The van der Waals surface area contributed by atoms with Crippen LogP contribution < -0.4 is 4.74 Å². The van der Waals surface area contributed by atoms with Crippen LogP contribution in [0.4, 0.5) is 0 Å². The zero-order chi connectivity index (χ0) is 14.0. The topological polar surface area (TPSA) is 49.8 Å². The first-order chi connectivity index (χ1) is 9.04. The number of hydrogen-bond acceptors (Lipinski definition) is 3. The van der Waals surface area contributed by atoms with Crippen molar-refractivity contribution in [1.82, 2.24) is 4.90 Å². The molecule has 104 valence electrons. The highest BCUT2D eigenvalue weighted by Gasteiger charge is 2.29. The minimum absolute atomic E-state index is 0.00561. The SMILES string of the molecule is COc1ccc(C(=O)N2CCCC(C)C2C)cc1O. The highest BCUT2D eigenvalue weighted by Crippen LogP contribution is 2.29. The van der Waals surface area contributed by atoms with Crippen LogP contribution in [-0.4, -0.2) is 35.6 Å². The number of phenols is 1. The summed E-state index contributed by atoms with van der Waals surface area (Å²) in [6.07, 6.45) is 2.21. The molecule has 1 amide bonds. The third-order valence-corrected chi connectivity index (χ3v) is 4.06. The Balaban J connectivity index is 2.21. The van der Waals surface area contributed by atoms with Crippen LogP contribution in [0.5, 0.6) is 11.5 Å². The fourth-order valence-electron chi connectivity index (χ4n) is 2.61. The Labute approximate surface area is 114 Å². The van der Waals surface area contributed by atoms with Crippen LogP contribution in [0.25, 0.3) is 0 Å². The molecule has 1 aromatic rings. The lowest BCUT2D eigenvalue weighted by Gasteiger charge is -2.38. The van der Waals surface area contributed by atoms with Crippen molar-refractivity contribution < 1.29 is 14.6 Å². The van der Waals surface area contributed by atoms with Gasteiger partial charge in [-0.15, -0.1) is 0 Å². The number of phenolic OH excluding ortho intramolecular Hbond substituents is 1. The minimum atomic E-state index is -0.0167. The summed E-state index contributed by atoms with van der Waals surface area (Å²) in [5, 5.41) is 9.76. The Morgan fingerprint density at radius 1 is 1.42 bits per heavy atom. The third kappa shape index (κ3) is 2.67. The Morgan fingerprint density at radius 3 is 2.79 bits per heavy atom. The number of piperidine rings is 1. The molecule has 4 nitrogen and oxygen atoms in total. The number of nitrogens with zero attached hydrogens (tertiary/aromatic N) is 1. The number of methoxy groups -OCH3 is 1. The average molecular weight is 263 g/mol. The van der Waals surface area contributed by atoms with E-state index in [4.69, 9.17) is 4.74 Å². The van der Waals surface area contributed by atoms with E-state index in [9.17, 15) is 9.90 Å². The number of hydrogen-bond donors (Lipinski definition) is 1. The number of ether oxygens (including phenoxy) is 1. The van der Waals surface area contributed by atoms with Gasteiger partial charge < -0.3 is 14.7 Å². The van der Waals surface area contributed by atoms with Crippen LogP contribution >= 0.6 is 0 Å². The Hall–Kier alpha value is -1.71. The lowest BCUT2D eigenvalue weighted by molar-refractivity contribution is 0.0550. The first-order valence-electron chi connectivity index (χ1n) is 6.72. The molecule has 2 unspecified atom stereocenters. The van der Waals surface area contributed by atoms with Crippen LogP contribution in [0.15, 0.2) is 18.2 Å². The monoisotopic (exact) mass is 263 g/mol. The van der Waals surface area contributed by atoms with Gasteiger partial charge >= 0.3 is 0 Å². The van der Waals surface area contributed by atoms with Gasteiger partial charge in [0.2, 0.25) is 0 Å². The van der Waals surface area contributed by atoms with Gasteiger partial charge in [-0.2, -0.15) is 0 Å². The van der Waals surface area contributed by atoms with Crippen LogP contribution in [0.3, 0.4) is 0 Å². The van der Waals surface area contributed by atoms with Gasteiger partial charge in [-0.25, -0.2) is 0 Å². The smallest absolute Gasteiger partial charge is 0.254 e. The summed E-state index contributed by atoms with van der Waals surface area (Å²) in [4.78, 5) is 14.4. The van der Waals surface area contributed by atoms with E-state index in [-0.39, 0.29) is 17.7 Å². The summed E-state index contributed by atoms with van der Waals surface area (Å²) in [7, 11) is 1.49. The maximum absolute atomic E-state index is 12.5. The zero-order valence-corrected chi connectivity index (χ0v) is 11.7. The van der Waals surface area contributed by atoms with Gasteiger partial charge in [0, 0.05) is 18.2 Å². The average Bonchev–Trinajstić information content (AvgIpc) is 2.41. The van der Waals surface area contributed by atoms with Crippen molar-refractivity contribution in [1.29, 1.82) is 0 Å². The van der Waals surface area contributed by atoms with Gasteiger partial charge in [-0.3, -0.25) is 4.79 Å². The van der Waals surface area contributed by atoms with Crippen molar-refractivity contribution in [3.63, 3.8) is 0 Å². The molecule has 1 aliphatic heterocycles. The third-order valence-electron chi connectivity index (χ3n) is 4.06. The predicted octanol–water partition coefficient (Wildman–Crippen LogP) is 2.66. The molecule has 1 aliphatic rings. The highest BCUT2D eigenvalue weighted by atomic mass is 16.5. The Bertz CT molecular complexity index is 472. The summed E-state index contributed by atoms with van der Waals surface area (Å²) in [6, 6.07) is 5.05. The standard InChI is InChI=1S/C15H21NO3/c1-10-5-4-8-16(11(10)2)15(18)12-6-7-14(19-3)13(17)9-12/h6-7,9-11,17H,4-5,8H2,1-3H3. The lowest BCUT2D eigenvalue weighted by Crippen LogP contribution is -2.46. The van der Waals surface area contributed by atoms with Crippen LogP contribution in [0.2, 0.25) is 0 Å². The number of amides is 1. The van der Waals surface area contributed by atoms with E-state index in [0.717, 1.165) is 13.0 Å². The van der Waals surface area contributed by atoms with Crippen LogP contribution in [0, 0.1) is 5.92 Å². The summed E-state index contributed by atoms with van der Waals surface area (Å²) in [6.45, 7) is 5.05. The molecule has 1 heterocycles. The molecule has 2 atom stereocenters. The molecule has 0 saturated carbocycles. The van der Waals surface area contributed by atoms with E-state index in [1.807, 2.05) is 4.90 Å². The highest BCUT2D eigenvalue weighted by molar-refractivity contribution is 5.95. The molecular formula is C15H21NO3. The maximum atomic E-state index is 12.5. The van der Waals surface area contributed by atoms with Gasteiger partial charge in [0.05, 0.1) is 7.11 Å². The molecule has 1 saturated heterocycles. The first-order valence-corrected chi connectivity index (χ1v) is 6.72. The van der Waals surface area contributed by atoms with Crippen molar-refractivity contribution in [2.24, 2.45) is 5.92 Å². The molecule has 2 rings (SSSR count). The second-order valence-corrected chi connectivity index (χ2v) is 5.25. The van der Waals surface area contributed by atoms with Gasteiger partial charge in [-0.1, -0.05) is 6.92 Å².